The van der Waals surface area contributed by atoms with Crippen LogP contribution in [-0.4, -0.2) is 30.3 Å². The Morgan fingerprint density at radius 2 is 2.10 bits per heavy atom. The van der Waals surface area contributed by atoms with Crippen LogP contribution in [0, 0.1) is 5.92 Å². The maximum absolute atomic E-state index is 11.2. The number of hydrogen-bond donors (Lipinski definition) is 1. The molecule has 0 amide bonds. The van der Waals surface area contributed by atoms with E-state index in [0.29, 0.717) is 10.8 Å². The van der Waals surface area contributed by atoms with E-state index in [1.54, 1.807) is 13.0 Å². The molecule has 6 heteroatoms. The Morgan fingerprint density at radius 1 is 1.38 bits per heavy atom. The molecule has 1 unspecified atom stereocenters. The van der Waals surface area contributed by atoms with Gasteiger partial charge in [0.15, 0.2) is 0 Å². The number of rotatable bonds is 7. The van der Waals surface area contributed by atoms with E-state index in [4.69, 9.17) is 26.2 Å². The van der Waals surface area contributed by atoms with Crippen LogP contribution in [0.4, 0.5) is 0 Å². The molecule has 1 N–H and O–H groups in total. The maximum atomic E-state index is 11.2. The van der Waals surface area contributed by atoms with Gasteiger partial charge in [-0.15, -0.1) is 0 Å². The zero-order valence-electron chi connectivity index (χ0n) is 11.8. The van der Waals surface area contributed by atoms with Crippen LogP contribution in [0.2, 0.25) is 5.02 Å². The fraction of sp³-hybridized carbons (Fsp3) is 0.333. The fourth-order valence-corrected chi connectivity index (χ4v) is 1.61. The van der Waals surface area contributed by atoms with Gasteiger partial charge in [-0.1, -0.05) is 24.6 Å². The smallest absolute Gasteiger partial charge is 0.335 e. The largest absolute Gasteiger partial charge is 0.492 e. The Labute approximate surface area is 128 Å². The van der Waals surface area contributed by atoms with Crippen LogP contribution in [0.5, 0.6) is 5.75 Å². The van der Waals surface area contributed by atoms with Gasteiger partial charge in [0, 0.05) is 12.0 Å². The predicted molar refractivity (Wildman–Crippen MR) is 78.8 cm³/mol. The number of allylic oxidation sites excluding steroid dienone is 1. The van der Waals surface area contributed by atoms with Crippen molar-refractivity contribution < 1.29 is 24.2 Å². The van der Waals surface area contributed by atoms with E-state index in [9.17, 15) is 9.59 Å². The number of carbonyl (C=O) groups excluding carboxylic acids is 1. The fourth-order valence-electron chi connectivity index (χ4n) is 1.44. The van der Waals surface area contributed by atoms with Gasteiger partial charge in [-0.3, -0.25) is 0 Å². The summed E-state index contributed by atoms with van der Waals surface area (Å²) in [6, 6.07) is 4.24. The first-order chi connectivity index (χ1) is 9.93. The molecule has 1 rings (SSSR count). The molecule has 0 aliphatic carbocycles. The Kier molecular flexibility index (Phi) is 6.75. The Bertz CT molecular complexity index is 539. The number of hydrogen-bond acceptors (Lipinski definition) is 4. The highest BCUT2D eigenvalue weighted by atomic mass is 35.5. The SMILES string of the molecule is CC=CC(=O)OCC(C)COc1cc(C(=O)O)ccc1Cl. The van der Waals surface area contributed by atoms with Crippen LogP contribution in [0.25, 0.3) is 0 Å². The highest BCUT2D eigenvalue weighted by Crippen LogP contribution is 2.26. The van der Waals surface area contributed by atoms with Crippen LogP contribution in [0.3, 0.4) is 0 Å². The zero-order valence-corrected chi connectivity index (χ0v) is 12.6. The van der Waals surface area contributed by atoms with Crippen LogP contribution in [0.1, 0.15) is 24.2 Å². The van der Waals surface area contributed by atoms with E-state index in [1.165, 1.54) is 24.3 Å². The normalized spacial score (nSPS) is 12.1. The Hall–Kier alpha value is -2.01. The average Bonchev–Trinajstić information content (AvgIpc) is 2.44. The molecule has 0 aliphatic rings. The van der Waals surface area contributed by atoms with Crippen LogP contribution < -0.4 is 4.74 Å². The average molecular weight is 313 g/mol. The highest BCUT2D eigenvalue weighted by Gasteiger charge is 2.11. The number of carbonyl (C=O) groups is 2. The summed E-state index contributed by atoms with van der Waals surface area (Å²) >= 11 is 5.94. The first-order valence-corrected chi connectivity index (χ1v) is 6.77. The lowest BCUT2D eigenvalue weighted by molar-refractivity contribution is -0.139. The van der Waals surface area contributed by atoms with E-state index >= 15 is 0 Å². The molecule has 0 saturated heterocycles. The summed E-state index contributed by atoms with van der Waals surface area (Å²) < 4.78 is 10.5. The van der Waals surface area contributed by atoms with Gasteiger partial charge in [0.25, 0.3) is 0 Å². The number of halogens is 1. The molecule has 0 bridgehead atoms. The van der Waals surface area contributed by atoms with E-state index in [2.05, 4.69) is 0 Å². The molecule has 0 spiro atoms. The minimum Gasteiger partial charge on any atom is -0.492 e. The molecule has 1 atom stereocenters. The van der Waals surface area contributed by atoms with Crippen LogP contribution >= 0.6 is 11.6 Å². The molecule has 0 aromatic heterocycles. The summed E-state index contributed by atoms with van der Waals surface area (Å²) in [5.41, 5.74) is 0.0987. The third kappa shape index (κ3) is 5.87. The first kappa shape index (κ1) is 17.0. The summed E-state index contributed by atoms with van der Waals surface area (Å²) in [7, 11) is 0. The Morgan fingerprint density at radius 3 is 2.71 bits per heavy atom. The number of benzene rings is 1. The molecule has 0 aliphatic heterocycles. The lowest BCUT2D eigenvalue weighted by Gasteiger charge is -2.14. The first-order valence-electron chi connectivity index (χ1n) is 6.39. The molecule has 1 aromatic rings. The molecule has 21 heavy (non-hydrogen) atoms. The third-order valence-electron chi connectivity index (χ3n) is 2.51. The standard InChI is InChI=1S/C15H17ClO5/c1-3-4-14(17)21-9-10(2)8-20-13-7-11(15(18)19)5-6-12(13)16/h3-7,10H,8-9H2,1-2H3,(H,18,19). The van der Waals surface area contributed by atoms with Crippen molar-refractivity contribution in [1.82, 2.24) is 0 Å². The van der Waals surface area contributed by atoms with Crippen molar-refractivity contribution in [1.29, 1.82) is 0 Å². The molecular weight excluding hydrogens is 296 g/mol. The monoisotopic (exact) mass is 312 g/mol. The molecule has 5 nitrogen and oxygen atoms in total. The number of esters is 1. The van der Waals surface area contributed by atoms with Crippen molar-refractivity contribution in [2.24, 2.45) is 5.92 Å². The molecule has 0 saturated carbocycles. The van der Waals surface area contributed by atoms with Gasteiger partial charge in [0.05, 0.1) is 23.8 Å². The number of aromatic carboxylic acids is 1. The lowest BCUT2D eigenvalue weighted by atomic mass is 10.2. The predicted octanol–water partition coefficient (Wildman–Crippen LogP) is 3.17. The summed E-state index contributed by atoms with van der Waals surface area (Å²) in [6.07, 6.45) is 2.93. The van der Waals surface area contributed by atoms with Crippen molar-refractivity contribution >= 4 is 23.5 Å². The second-order valence-corrected chi connectivity index (χ2v) is 4.90. The van der Waals surface area contributed by atoms with E-state index < -0.39 is 11.9 Å². The van der Waals surface area contributed by atoms with Gasteiger partial charge in [0.1, 0.15) is 5.75 Å². The molecule has 114 valence electrons. The van der Waals surface area contributed by atoms with Gasteiger partial charge >= 0.3 is 11.9 Å². The zero-order chi connectivity index (χ0) is 15.8. The van der Waals surface area contributed by atoms with Crippen LogP contribution in [0.15, 0.2) is 30.4 Å². The van der Waals surface area contributed by atoms with Crippen LogP contribution in [-0.2, 0) is 9.53 Å². The highest BCUT2D eigenvalue weighted by molar-refractivity contribution is 6.32. The molecular formula is C15H17ClO5. The van der Waals surface area contributed by atoms with E-state index in [-0.39, 0.29) is 24.7 Å². The summed E-state index contributed by atoms with van der Waals surface area (Å²) in [4.78, 5) is 22.0. The van der Waals surface area contributed by atoms with Crippen molar-refractivity contribution in [3.8, 4) is 5.75 Å². The van der Waals surface area contributed by atoms with Crippen molar-refractivity contribution in [2.75, 3.05) is 13.2 Å². The minimum atomic E-state index is -1.05. The van der Waals surface area contributed by atoms with E-state index in [0.717, 1.165) is 0 Å². The van der Waals surface area contributed by atoms with Gasteiger partial charge in [-0.25, -0.2) is 9.59 Å². The molecule has 0 fully saturated rings. The Balaban J connectivity index is 2.52. The van der Waals surface area contributed by atoms with Crippen molar-refractivity contribution in [3.63, 3.8) is 0 Å². The topological polar surface area (TPSA) is 72.8 Å². The number of carboxylic acids is 1. The van der Waals surface area contributed by atoms with Gasteiger partial charge in [-0.05, 0) is 25.1 Å². The van der Waals surface area contributed by atoms with Gasteiger partial charge in [0.2, 0.25) is 0 Å². The number of ether oxygens (including phenoxy) is 2. The quantitative estimate of drug-likeness (QED) is 0.618. The van der Waals surface area contributed by atoms with Gasteiger partial charge in [-0.2, -0.15) is 0 Å². The molecule has 0 heterocycles. The van der Waals surface area contributed by atoms with Crippen molar-refractivity contribution in [3.05, 3.63) is 40.9 Å². The summed E-state index contributed by atoms with van der Waals surface area (Å²) in [5.74, 6) is -1.22. The summed E-state index contributed by atoms with van der Waals surface area (Å²) in [6.45, 7) is 4.04. The molecule has 1 aromatic carbocycles. The molecule has 0 radical (unpaired) electrons. The second kappa shape index (κ2) is 8.32. The number of carboxylic acid groups (broad SMARTS) is 1. The maximum Gasteiger partial charge on any atom is 0.335 e. The third-order valence-corrected chi connectivity index (χ3v) is 2.83. The summed E-state index contributed by atoms with van der Waals surface area (Å²) in [5, 5.41) is 9.24. The van der Waals surface area contributed by atoms with Gasteiger partial charge < -0.3 is 14.6 Å². The van der Waals surface area contributed by atoms with Crippen molar-refractivity contribution in [2.45, 2.75) is 13.8 Å². The minimum absolute atomic E-state index is 0.0521. The second-order valence-electron chi connectivity index (χ2n) is 4.50. The lowest BCUT2D eigenvalue weighted by Crippen LogP contribution is -2.17. The van der Waals surface area contributed by atoms with E-state index in [1.807, 2.05) is 6.92 Å².